The molecule has 0 aliphatic heterocycles. The molecule has 0 aromatic heterocycles. The standard InChI is InChI=1S/C11H15ClO.C11H15Cl.C11H12FN.C11H15FO.C11H15F.C11H13N.C10H13Cl/c1-11(2,3)10-6-9(12)5-4-8(10)7-13;1-8-5-6-9(12)7-10(8)11(2,3)4;1-11(2,3)10-8(12)6-5-7-9(10)13-4;1-11(2,3)10-6-9(12)5-4-8(10)7-13;1-8-5-6-9(12)7-10(8)11(2,3)4;1-11(2,3)9-7-5-6-8-10(9)12-4;1-10(2,3)8-6-4-5-7-9(8)11/h4-6,13H,7H2,1-3H3;5-7H,1-4H3;5-7H,1-3H3;4-6,13H,7H2,1-3H3;5-7H,1-4H3;5-8H,1-3H3;4-7H,1-3H3. The third-order valence-corrected chi connectivity index (χ3v) is 14.3. The fourth-order valence-corrected chi connectivity index (χ4v) is 9.96. The van der Waals surface area contributed by atoms with Crippen molar-refractivity contribution < 1.29 is 23.4 Å². The average molecular weight is 1230 g/mol. The number of nitrogens with zero attached hydrogens (tertiary/aromatic N) is 2. The van der Waals surface area contributed by atoms with Crippen molar-refractivity contribution >= 4 is 46.2 Å². The highest BCUT2D eigenvalue weighted by Gasteiger charge is 2.23. The van der Waals surface area contributed by atoms with Gasteiger partial charge in [-0.05, 0) is 174 Å². The lowest BCUT2D eigenvalue weighted by atomic mass is 9.84. The molecule has 0 unspecified atom stereocenters. The zero-order valence-corrected chi connectivity index (χ0v) is 58.0. The molecular weight excluding hydrogens is 1140 g/mol. The molecule has 0 bridgehead atoms. The van der Waals surface area contributed by atoms with Gasteiger partial charge in [0.05, 0.1) is 26.4 Å². The Morgan fingerprint density at radius 3 is 1.06 bits per heavy atom. The summed E-state index contributed by atoms with van der Waals surface area (Å²) in [6.45, 7) is 61.8. The summed E-state index contributed by atoms with van der Waals surface area (Å²) in [7, 11) is 0. The smallest absolute Gasteiger partial charge is 0.193 e. The lowest BCUT2D eigenvalue weighted by molar-refractivity contribution is 0.278. The first-order valence-electron chi connectivity index (χ1n) is 29.0. The predicted molar refractivity (Wildman–Crippen MR) is 365 cm³/mol. The Morgan fingerprint density at radius 2 is 0.698 bits per heavy atom. The minimum Gasteiger partial charge on any atom is -0.392 e. The SMILES string of the molecule is CC(C)(C)c1cc(Cl)ccc1CO.CC(C)(C)c1cc(F)ccc1CO.CC(C)(C)c1ccccc1Cl.Cc1ccc(Cl)cc1C(C)(C)C.Cc1ccc(F)cc1C(C)(C)C.[C-]#[N+]c1cccc(F)c1C(C)(C)C.[C-]#[N+]c1ccccc1C(C)(C)C. The van der Waals surface area contributed by atoms with Gasteiger partial charge in [0.15, 0.2) is 11.4 Å². The fourth-order valence-electron chi connectivity index (χ4n) is 9.20. The summed E-state index contributed by atoms with van der Waals surface area (Å²) in [6.07, 6.45) is 0. The Balaban J connectivity index is 0.000000502. The van der Waals surface area contributed by atoms with Gasteiger partial charge in [-0.2, -0.15) is 0 Å². The van der Waals surface area contributed by atoms with Crippen LogP contribution in [0.25, 0.3) is 9.69 Å². The predicted octanol–water partition coefficient (Wildman–Crippen LogP) is 24.0. The van der Waals surface area contributed by atoms with Gasteiger partial charge in [0.1, 0.15) is 17.5 Å². The van der Waals surface area contributed by atoms with Gasteiger partial charge in [0.2, 0.25) is 0 Å². The van der Waals surface area contributed by atoms with E-state index in [1.54, 1.807) is 24.3 Å². The van der Waals surface area contributed by atoms with Crippen molar-refractivity contribution in [1.29, 1.82) is 0 Å². The normalized spacial score (nSPS) is 11.5. The van der Waals surface area contributed by atoms with Gasteiger partial charge >= 0.3 is 0 Å². The van der Waals surface area contributed by atoms with Gasteiger partial charge in [-0.25, -0.2) is 22.9 Å². The Labute approximate surface area is 532 Å². The van der Waals surface area contributed by atoms with E-state index in [0.717, 1.165) is 59.7 Å². The molecule has 0 amide bonds. The maximum Gasteiger partial charge on any atom is 0.193 e. The first kappa shape index (κ1) is 78.1. The van der Waals surface area contributed by atoms with Crippen LogP contribution in [0, 0.1) is 44.4 Å². The summed E-state index contributed by atoms with van der Waals surface area (Å²) in [6, 6.07) is 41.5. The van der Waals surface area contributed by atoms with Crippen LogP contribution in [0.5, 0.6) is 0 Å². The van der Waals surface area contributed by atoms with Crippen molar-refractivity contribution in [3.05, 3.63) is 256 Å². The van der Waals surface area contributed by atoms with E-state index in [1.165, 1.54) is 41.0 Å². The van der Waals surface area contributed by atoms with Crippen LogP contribution in [0.4, 0.5) is 24.5 Å². The summed E-state index contributed by atoms with van der Waals surface area (Å²) in [5, 5.41) is 20.6. The van der Waals surface area contributed by atoms with E-state index in [9.17, 15) is 13.2 Å². The van der Waals surface area contributed by atoms with Crippen LogP contribution < -0.4 is 0 Å². The van der Waals surface area contributed by atoms with E-state index < -0.39 is 0 Å². The van der Waals surface area contributed by atoms with E-state index in [0.29, 0.717) is 11.3 Å². The monoisotopic (exact) mass is 1230 g/mol. The number of aryl methyl sites for hydroxylation is 2. The topological polar surface area (TPSA) is 49.2 Å². The number of hydrogen-bond acceptors (Lipinski definition) is 2. The number of aliphatic hydroxyl groups is 2. The number of para-hydroxylation sites is 1. The van der Waals surface area contributed by atoms with E-state index in [4.69, 9.17) is 58.2 Å². The highest BCUT2D eigenvalue weighted by Crippen LogP contribution is 2.35. The second-order valence-electron chi connectivity index (χ2n) is 28.4. The molecule has 7 rings (SSSR count). The molecule has 86 heavy (non-hydrogen) atoms. The molecule has 0 aliphatic rings. The molecule has 7 aromatic rings. The van der Waals surface area contributed by atoms with Gasteiger partial charge in [0, 0.05) is 15.1 Å². The average Bonchev–Trinajstić information content (AvgIpc) is 2.91. The second-order valence-corrected chi connectivity index (χ2v) is 29.7. The van der Waals surface area contributed by atoms with Crippen molar-refractivity contribution in [2.24, 2.45) is 0 Å². The first-order valence-corrected chi connectivity index (χ1v) is 30.1. The van der Waals surface area contributed by atoms with Crippen molar-refractivity contribution in [2.45, 2.75) is 210 Å². The molecule has 0 atom stereocenters. The van der Waals surface area contributed by atoms with Gasteiger partial charge in [-0.15, -0.1) is 0 Å². The van der Waals surface area contributed by atoms with Crippen LogP contribution in [0.1, 0.15) is 207 Å². The highest BCUT2D eigenvalue weighted by atomic mass is 35.5. The van der Waals surface area contributed by atoms with E-state index in [-0.39, 0.29) is 68.6 Å². The third kappa shape index (κ3) is 26.6. The maximum absolute atomic E-state index is 13.4. The molecule has 0 aliphatic carbocycles. The lowest BCUT2D eigenvalue weighted by Crippen LogP contribution is -2.14. The van der Waals surface area contributed by atoms with Crippen LogP contribution in [-0.2, 0) is 51.1 Å². The number of rotatable bonds is 2. The Hall–Kier alpha value is -5.90. The largest absolute Gasteiger partial charge is 0.392 e. The summed E-state index contributed by atoms with van der Waals surface area (Å²) in [4.78, 5) is 6.79. The molecule has 0 heterocycles. The van der Waals surface area contributed by atoms with E-state index in [2.05, 4.69) is 139 Å². The first-order chi connectivity index (χ1) is 39.2. The van der Waals surface area contributed by atoms with Crippen LogP contribution in [-0.4, -0.2) is 10.2 Å². The Bertz CT molecular complexity index is 3220. The second kappa shape index (κ2) is 33.4. The molecule has 10 heteroatoms. The highest BCUT2D eigenvalue weighted by molar-refractivity contribution is 6.31. The van der Waals surface area contributed by atoms with Crippen molar-refractivity contribution in [2.75, 3.05) is 0 Å². The minimum atomic E-state index is -0.314. The van der Waals surface area contributed by atoms with Crippen LogP contribution in [0.3, 0.4) is 0 Å². The van der Waals surface area contributed by atoms with Crippen molar-refractivity contribution in [3.63, 3.8) is 0 Å². The van der Waals surface area contributed by atoms with E-state index >= 15 is 0 Å². The van der Waals surface area contributed by atoms with Gasteiger partial charge in [0.25, 0.3) is 0 Å². The summed E-state index contributed by atoms with van der Waals surface area (Å²) in [5.74, 6) is -0.686. The van der Waals surface area contributed by atoms with Crippen LogP contribution >= 0.6 is 34.8 Å². The molecule has 0 radical (unpaired) electrons. The van der Waals surface area contributed by atoms with Crippen molar-refractivity contribution in [3.8, 4) is 0 Å². The van der Waals surface area contributed by atoms with Gasteiger partial charge in [-0.3, -0.25) is 0 Å². The molecule has 0 fully saturated rings. The zero-order valence-electron chi connectivity index (χ0n) is 55.7. The number of benzene rings is 7. The summed E-state index contributed by atoms with van der Waals surface area (Å²) < 4.78 is 39.2. The van der Waals surface area contributed by atoms with Gasteiger partial charge in [-0.1, -0.05) is 259 Å². The van der Waals surface area contributed by atoms with E-state index in [1.807, 2.05) is 121 Å². The molecule has 0 saturated carbocycles. The quantitative estimate of drug-likeness (QED) is 0.170. The Kier molecular flexibility index (Phi) is 30.4. The molecule has 7 aromatic carbocycles. The molecule has 4 nitrogen and oxygen atoms in total. The number of hydrogen-bond donors (Lipinski definition) is 2. The van der Waals surface area contributed by atoms with Gasteiger partial charge < -0.3 is 10.2 Å². The van der Waals surface area contributed by atoms with Crippen molar-refractivity contribution in [1.82, 2.24) is 0 Å². The Morgan fingerprint density at radius 1 is 0.360 bits per heavy atom. The summed E-state index contributed by atoms with van der Waals surface area (Å²) in [5.41, 5.74) is 12.7. The molecule has 0 spiro atoms. The summed E-state index contributed by atoms with van der Waals surface area (Å²) >= 11 is 17.8. The fraction of sp³-hybridized carbons (Fsp3) is 0.421. The maximum atomic E-state index is 13.4. The molecular formula is C76H98Cl3F3N2O2. The number of halogens is 6. The third-order valence-electron chi connectivity index (χ3n) is 13.5. The minimum absolute atomic E-state index is 0.0307. The number of aliphatic hydroxyl groups excluding tert-OH is 2. The van der Waals surface area contributed by atoms with Crippen LogP contribution in [0.2, 0.25) is 15.1 Å². The zero-order chi connectivity index (χ0) is 66.6. The molecule has 466 valence electrons. The van der Waals surface area contributed by atoms with Crippen LogP contribution in [0.15, 0.2) is 140 Å². The molecule has 0 saturated heterocycles. The lowest BCUT2D eigenvalue weighted by Gasteiger charge is -2.22. The molecule has 2 N–H and O–H groups in total.